The van der Waals surface area contributed by atoms with Crippen molar-refractivity contribution in [2.45, 2.75) is 0 Å². The van der Waals surface area contributed by atoms with Gasteiger partial charge in [-0.2, -0.15) is 0 Å². The molecule has 0 aliphatic carbocycles. The summed E-state index contributed by atoms with van der Waals surface area (Å²) in [5.74, 6) is 0. The molecule has 0 N–H and O–H groups in total. The van der Waals surface area contributed by atoms with Crippen LogP contribution in [0.3, 0.4) is 0 Å². The lowest BCUT2D eigenvalue weighted by Gasteiger charge is -2.25. The van der Waals surface area contributed by atoms with E-state index < -0.39 is 0 Å². The van der Waals surface area contributed by atoms with Gasteiger partial charge in [0.1, 0.15) is 0 Å². The summed E-state index contributed by atoms with van der Waals surface area (Å²) in [6.45, 7) is 0.672. The SMILES string of the molecule is C1=CC[N-]C(c2cccc(-c3cccc(-c4ccc5c6ccc(-c7cccc(-c8cccc(-c9ccccn9)n8)n7)cc6c6ccccc6c5c4)n3)n2)=C1. The standard InChI is InChI=1S/C48H31N6/c1-2-12-34-33(11-1)37-29-31(39-15-7-19-45(51-39)47-21-9-17-43(53-47)41-13-3-5-27-49-41)23-25-35(37)36-26-24-32(30-38(34)36)40-16-8-20-46(52-40)48-22-10-18-44(54-48)42-14-4-6-28-50-42/h1-27,29-30H,28H2/q-1. The summed E-state index contributed by atoms with van der Waals surface area (Å²) >= 11 is 0. The van der Waals surface area contributed by atoms with Crippen LogP contribution in [-0.4, -0.2) is 31.5 Å². The molecule has 0 radical (unpaired) electrons. The molecule has 6 nitrogen and oxygen atoms in total. The Labute approximate surface area is 312 Å². The molecule has 5 aromatic heterocycles. The number of rotatable bonds is 6. The molecular formula is C48H31N6-. The molecule has 10 rings (SSSR count). The van der Waals surface area contributed by atoms with E-state index in [2.05, 4.69) is 95.2 Å². The van der Waals surface area contributed by atoms with Gasteiger partial charge in [-0.3, -0.25) is 4.98 Å². The molecule has 0 amide bonds. The number of allylic oxidation sites excluding steroid dienone is 2. The Bertz CT molecular complexity index is 2930. The van der Waals surface area contributed by atoms with E-state index in [-0.39, 0.29) is 0 Å². The van der Waals surface area contributed by atoms with Crippen LogP contribution in [0.15, 0.2) is 176 Å². The third-order valence-corrected chi connectivity index (χ3v) is 9.90. The lowest BCUT2D eigenvalue weighted by molar-refractivity contribution is 1.22. The monoisotopic (exact) mass is 691 g/mol. The molecule has 54 heavy (non-hydrogen) atoms. The summed E-state index contributed by atoms with van der Waals surface area (Å²) in [4.78, 5) is 24.5. The Balaban J connectivity index is 1.03. The van der Waals surface area contributed by atoms with Crippen molar-refractivity contribution in [3.8, 4) is 56.7 Å². The second-order valence-electron chi connectivity index (χ2n) is 13.2. The Hall–Kier alpha value is -7.31. The summed E-state index contributed by atoms with van der Waals surface area (Å²) in [5.41, 5.74) is 10.6. The number of pyridine rings is 5. The third-order valence-electron chi connectivity index (χ3n) is 9.90. The molecule has 0 unspecified atom stereocenters. The summed E-state index contributed by atoms with van der Waals surface area (Å²) in [6.07, 6.45) is 7.85. The number of aromatic nitrogens is 5. The van der Waals surface area contributed by atoms with Crippen LogP contribution in [0.1, 0.15) is 5.69 Å². The molecule has 6 heteroatoms. The molecular weight excluding hydrogens is 661 g/mol. The van der Waals surface area contributed by atoms with Gasteiger partial charge < -0.3 is 5.32 Å². The highest BCUT2D eigenvalue weighted by Crippen LogP contribution is 2.39. The first-order valence-corrected chi connectivity index (χ1v) is 18.0. The van der Waals surface area contributed by atoms with Crippen molar-refractivity contribution in [3.05, 3.63) is 187 Å². The maximum Gasteiger partial charge on any atom is 0.0894 e. The van der Waals surface area contributed by atoms with Gasteiger partial charge in [0, 0.05) is 23.0 Å². The third kappa shape index (κ3) is 5.76. The summed E-state index contributed by atoms with van der Waals surface area (Å²) in [7, 11) is 0. The van der Waals surface area contributed by atoms with Crippen molar-refractivity contribution in [1.82, 2.24) is 24.9 Å². The van der Waals surface area contributed by atoms with Gasteiger partial charge in [-0.05, 0) is 105 Å². The molecule has 254 valence electrons. The average molecular weight is 692 g/mol. The number of nitrogens with zero attached hydrogens (tertiary/aromatic N) is 6. The molecule has 4 aromatic carbocycles. The Morgan fingerprint density at radius 3 is 1.33 bits per heavy atom. The zero-order valence-electron chi connectivity index (χ0n) is 29.1. The van der Waals surface area contributed by atoms with Crippen LogP contribution >= 0.6 is 0 Å². The normalized spacial score (nSPS) is 12.6. The van der Waals surface area contributed by atoms with Gasteiger partial charge in [-0.1, -0.05) is 91.0 Å². The molecule has 9 aromatic rings. The van der Waals surface area contributed by atoms with Crippen molar-refractivity contribution in [1.29, 1.82) is 0 Å². The zero-order chi connectivity index (χ0) is 35.8. The van der Waals surface area contributed by atoms with Gasteiger partial charge in [-0.15, -0.1) is 18.3 Å². The van der Waals surface area contributed by atoms with Crippen LogP contribution in [0.25, 0.3) is 100 Å². The van der Waals surface area contributed by atoms with E-state index in [1.165, 1.54) is 32.3 Å². The molecule has 0 bridgehead atoms. The molecule has 0 fully saturated rings. The molecule has 0 saturated heterocycles. The lowest BCUT2D eigenvalue weighted by Crippen LogP contribution is -1.96. The van der Waals surface area contributed by atoms with Crippen molar-refractivity contribution in [2.75, 3.05) is 6.54 Å². The largest absolute Gasteiger partial charge is 0.679 e. The summed E-state index contributed by atoms with van der Waals surface area (Å²) in [5, 5.41) is 11.8. The van der Waals surface area contributed by atoms with Gasteiger partial charge >= 0.3 is 0 Å². The first-order chi connectivity index (χ1) is 26.7. The Morgan fingerprint density at radius 2 is 0.815 bits per heavy atom. The lowest BCUT2D eigenvalue weighted by atomic mass is 9.91. The molecule has 0 atom stereocenters. The highest BCUT2D eigenvalue weighted by atomic mass is 14.9. The molecule has 6 heterocycles. The van der Waals surface area contributed by atoms with Gasteiger partial charge in [0.25, 0.3) is 0 Å². The second-order valence-corrected chi connectivity index (χ2v) is 13.2. The smallest absolute Gasteiger partial charge is 0.0894 e. The number of benzene rings is 4. The van der Waals surface area contributed by atoms with Gasteiger partial charge in [0.05, 0.1) is 45.6 Å². The molecule has 1 aliphatic heterocycles. The van der Waals surface area contributed by atoms with Crippen LogP contribution in [0, 0.1) is 0 Å². The van der Waals surface area contributed by atoms with Crippen LogP contribution in [0.5, 0.6) is 0 Å². The fourth-order valence-electron chi connectivity index (χ4n) is 7.30. The quantitative estimate of drug-likeness (QED) is 0.162. The second kappa shape index (κ2) is 13.3. The van der Waals surface area contributed by atoms with Crippen molar-refractivity contribution in [2.24, 2.45) is 0 Å². The minimum Gasteiger partial charge on any atom is -0.679 e. The highest BCUT2D eigenvalue weighted by molar-refractivity contribution is 6.26. The van der Waals surface area contributed by atoms with Crippen molar-refractivity contribution >= 4 is 38.0 Å². The van der Waals surface area contributed by atoms with Gasteiger partial charge in [0.15, 0.2) is 0 Å². The predicted molar refractivity (Wildman–Crippen MR) is 220 cm³/mol. The summed E-state index contributed by atoms with van der Waals surface area (Å²) in [6, 6.07) is 52.1. The molecule has 1 aliphatic rings. The van der Waals surface area contributed by atoms with E-state index in [4.69, 9.17) is 19.9 Å². The zero-order valence-corrected chi connectivity index (χ0v) is 29.1. The number of hydrogen-bond acceptors (Lipinski definition) is 5. The van der Waals surface area contributed by atoms with E-state index in [0.717, 1.165) is 68.1 Å². The Morgan fingerprint density at radius 1 is 0.370 bits per heavy atom. The Kier molecular flexibility index (Phi) is 7.77. The maximum absolute atomic E-state index is 5.10. The fraction of sp³-hybridized carbons (Fsp3) is 0.0208. The fourth-order valence-corrected chi connectivity index (χ4v) is 7.30. The molecule has 0 saturated carbocycles. The summed E-state index contributed by atoms with van der Waals surface area (Å²) < 4.78 is 0. The first kappa shape index (κ1) is 31.4. The van der Waals surface area contributed by atoms with E-state index in [9.17, 15) is 0 Å². The van der Waals surface area contributed by atoms with E-state index in [0.29, 0.717) is 6.54 Å². The maximum atomic E-state index is 5.10. The van der Waals surface area contributed by atoms with E-state index >= 15 is 0 Å². The molecule has 0 spiro atoms. The van der Waals surface area contributed by atoms with E-state index in [1.54, 1.807) is 6.20 Å². The van der Waals surface area contributed by atoms with E-state index in [1.807, 2.05) is 85.0 Å². The van der Waals surface area contributed by atoms with Crippen LogP contribution < -0.4 is 0 Å². The van der Waals surface area contributed by atoms with Crippen molar-refractivity contribution in [3.63, 3.8) is 0 Å². The predicted octanol–water partition coefficient (Wildman–Crippen LogP) is 11.7. The minimum absolute atomic E-state index is 0.672. The van der Waals surface area contributed by atoms with Crippen LogP contribution in [0.2, 0.25) is 0 Å². The van der Waals surface area contributed by atoms with Crippen molar-refractivity contribution < 1.29 is 0 Å². The number of hydrogen-bond donors (Lipinski definition) is 0. The minimum atomic E-state index is 0.672. The number of fused-ring (bicyclic) bond motifs is 6. The van der Waals surface area contributed by atoms with Gasteiger partial charge in [-0.25, -0.2) is 19.9 Å². The highest BCUT2D eigenvalue weighted by Gasteiger charge is 2.14. The first-order valence-electron chi connectivity index (χ1n) is 18.0. The average Bonchev–Trinajstić information content (AvgIpc) is 3.27. The topological polar surface area (TPSA) is 78.5 Å². The van der Waals surface area contributed by atoms with Gasteiger partial charge in [0.2, 0.25) is 0 Å². The van der Waals surface area contributed by atoms with Crippen LogP contribution in [0.4, 0.5) is 0 Å². The van der Waals surface area contributed by atoms with Crippen LogP contribution in [-0.2, 0) is 0 Å².